The minimum absolute atomic E-state index is 0.0000203. The van der Waals surface area contributed by atoms with Crippen LogP contribution in [0.2, 0.25) is 10.0 Å². The summed E-state index contributed by atoms with van der Waals surface area (Å²) in [6, 6.07) is 13.2. The third-order valence-corrected chi connectivity index (χ3v) is 7.63. The fourth-order valence-corrected chi connectivity index (χ4v) is 5.20. The molecule has 0 bridgehead atoms. The predicted molar refractivity (Wildman–Crippen MR) is 120 cm³/mol. The van der Waals surface area contributed by atoms with Crippen LogP contribution in [-0.4, -0.2) is 30.1 Å². The number of rotatable bonds is 4. The minimum atomic E-state index is -4.75. The van der Waals surface area contributed by atoms with E-state index in [4.69, 9.17) is 23.2 Å². The van der Waals surface area contributed by atoms with Crippen molar-refractivity contribution in [3.63, 3.8) is 0 Å². The molecule has 0 aliphatic heterocycles. The van der Waals surface area contributed by atoms with Crippen molar-refractivity contribution in [3.05, 3.63) is 76.0 Å². The molecule has 0 aliphatic carbocycles. The monoisotopic (exact) mass is 514 g/mol. The second kappa shape index (κ2) is 8.19. The van der Waals surface area contributed by atoms with Gasteiger partial charge in [0, 0.05) is 18.7 Å². The zero-order valence-corrected chi connectivity index (χ0v) is 19.4. The molecule has 12 heteroatoms. The summed E-state index contributed by atoms with van der Waals surface area (Å²) in [5, 5.41) is 3.93. The van der Waals surface area contributed by atoms with Crippen LogP contribution < -0.4 is 4.31 Å². The summed E-state index contributed by atoms with van der Waals surface area (Å²) in [7, 11) is -2.95. The first kappa shape index (κ1) is 23.3. The predicted octanol–water partition coefficient (Wildman–Crippen LogP) is 5.86. The molecular weight excluding hydrogens is 500 g/mol. The Kier molecular flexibility index (Phi) is 5.80. The molecule has 33 heavy (non-hydrogen) atoms. The lowest BCUT2D eigenvalue weighted by Crippen LogP contribution is -2.28. The Morgan fingerprint density at radius 1 is 1.00 bits per heavy atom. The number of nitrogens with zero attached hydrogens (tertiary/aromatic N) is 4. The van der Waals surface area contributed by atoms with Gasteiger partial charge in [-0.1, -0.05) is 47.5 Å². The van der Waals surface area contributed by atoms with E-state index in [2.05, 4.69) is 10.1 Å². The average molecular weight is 515 g/mol. The van der Waals surface area contributed by atoms with Gasteiger partial charge in [0.15, 0.2) is 11.3 Å². The van der Waals surface area contributed by atoms with Gasteiger partial charge in [-0.15, -0.1) is 0 Å². The van der Waals surface area contributed by atoms with Crippen LogP contribution in [0.3, 0.4) is 0 Å². The minimum Gasteiger partial charge on any atom is -0.269 e. The Morgan fingerprint density at radius 2 is 1.67 bits per heavy atom. The van der Waals surface area contributed by atoms with E-state index in [1.807, 2.05) is 0 Å². The number of halogens is 5. The molecule has 172 valence electrons. The number of aryl methyl sites for hydroxylation is 1. The van der Waals surface area contributed by atoms with Gasteiger partial charge in [0.25, 0.3) is 10.0 Å². The van der Waals surface area contributed by atoms with Gasteiger partial charge in [0.05, 0.1) is 27.1 Å². The van der Waals surface area contributed by atoms with Gasteiger partial charge in [-0.25, -0.2) is 17.9 Å². The number of anilines is 1. The lowest BCUT2D eigenvalue weighted by molar-refractivity contribution is -0.141. The second-order valence-electron chi connectivity index (χ2n) is 7.11. The van der Waals surface area contributed by atoms with E-state index < -0.39 is 21.9 Å². The van der Waals surface area contributed by atoms with Crippen molar-refractivity contribution in [2.24, 2.45) is 0 Å². The van der Waals surface area contributed by atoms with E-state index in [0.29, 0.717) is 5.69 Å². The summed E-state index contributed by atoms with van der Waals surface area (Å²) < 4.78 is 69.5. The molecule has 2 heterocycles. The van der Waals surface area contributed by atoms with Crippen LogP contribution in [-0.2, 0) is 16.2 Å². The third kappa shape index (κ3) is 4.14. The lowest BCUT2D eigenvalue weighted by atomic mass is 10.1. The summed E-state index contributed by atoms with van der Waals surface area (Å²) in [5.41, 5.74) is -0.927. The highest BCUT2D eigenvalue weighted by atomic mass is 35.5. The van der Waals surface area contributed by atoms with E-state index >= 15 is 0 Å². The molecule has 2 aromatic carbocycles. The molecule has 0 saturated heterocycles. The molecule has 0 aliphatic rings. The van der Waals surface area contributed by atoms with E-state index in [1.54, 1.807) is 30.3 Å². The molecule has 0 unspecified atom stereocenters. The Hall–Kier alpha value is -2.82. The highest BCUT2D eigenvalue weighted by Crippen LogP contribution is 2.37. The van der Waals surface area contributed by atoms with Gasteiger partial charge in [0.2, 0.25) is 0 Å². The fraction of sp³-hybridized carbons (Fsp3) is 0.143. The smallest absolute Gasteiger partial charge is 0.269 e. The first-order valence-corrected chi connectivity index (χ1v) is 11.6. The zero-order chi connectivity index (χ0) is 24.1. The molecule has 4 rings (SSSR count). The molecular formula is C21H15Cl2F3N4O2S. The van der Waals surface area contributed by atoms with Crippen LogP contribution in [0.5, 0.6) is 0 Å². The number of aromatic nitrogens is 3. The second-order valence-corrected chi connectivity index (χ2v) is 9.83. The standard InChI is InChI=1S/C21H15Cl2F3N4O2S/c1-12-20(33(31,32)29(2)14-6-4-3-5-7-14)19(13-8-9-15(22)16(23)10-13)30-18(27-12)11-17(28-30)21(24,25)26/h3-11H,1-2H3. The van der Waals surface area contributed by atoms with Crippen molar-refractivity contribution in [1.82, 2.24) is 14.6 Å². The number of benzene rings is 2. The van der Waals surface area contributed by atoms with Gasteiger partial charge in [0.1, 0.15) is 4.90 Å². The number of sulfonamides is 1. The Balaban J connectivity index is 2.09. The molecule has 0 atom stereocenters. The van der Waals surface area contributed by atoms with Gasteiger partial charge in [-0.2, -0.15) is 18.3 Å². The van der Waals surface area contributed by atoms with Crippen molar-refractivity contribution >= 4 is 44.6 Å². The average Bonchev–Trinajstić information content (AvgIpc) is 3.19. The van der Waals surface area contributed by atoms with Crippen LogP contribution in [0.1, 0.15) is 11.4 Å². The van der Waals surface area contributed by atoms with E-state index in [-0.39, 0.29) is 37.5 Å². The topological polar surface area (TPSA) is 67.6 Å². The normalized spacial score (nSPS) is 12.3. The molecule has 2 aromatic heterocycles. The first-order valence-electron chi connectivity index (χ1n) is 9.38. The van der Waals surface area contributed by atoms with Gasteiger partial charge < -0.3 is 0 Å². The van der Waals surface area contributed by atoms with Crippen molar-refractivity contribution in [2.45, 2.75) is 18.0 Å². The molecule has 0 spiro atoms. The van der Waals surface area contributed by atoms with Crippen molar-refractivity contribution < 1.29 is 21.6 Å². The molecule has 0 fully saturated rings. The van der Waals surface area contributed by atoms with Crippen molar-refractivity contribution in [3.8, 4) is 11.3 Å². The Labute approximate surface area is 197 Å². The van der Waals surface area contributed by atoms with Crippen LogP contribution >= 0.6 is 23.2 Å². The summed E-state index contributed by atoms with van der Waals surface area (Å²) in [5.74, 6) is 0. The van der Waals surface area contributed by atoms with Crippen molar-refractivity contribution in [1.29, 1.82) is 0 Å². The summed E-state index contributed by atoms with van der Waals surface area (Å²) in [6.07, 6.45) is -4.75. The number of para-hydroxylation sites is 1. The number of hydrogen-bond acceptors (Lipinski definition) is 4. The van der Waals surface area contributed by atoms with Gasteiger partial charge in [-0.3, -0.25) is 4.31 Å². The number of hydrogen-bond donors (Lipinski definition) is 0. The highest BCUT2D eigenvalue weighted by Gasteiger charge is 2.37. The van der Waals surface area contributed by atoms with E-state index in [1.165, 1.54) is 32.2 Å². The Morgan fingerprint density at radius 3 is 2.27 bits per heavy atom. The molecule has 6 nitrogen and oxygen atoms in total. The van der Waals surface area contributed by atoms with Crippen LogP contribution in [0.25, 0.3) is 16.9 Å². The maximum Gasteiger partial charge on any atom is 0.435 e. The third-order valence-electron chi connectivity index (χ3n) is 4.95. The van der Waals surface area contributed by atoms with Crippen molar-refractivity contribution in [2.75, 3.05) is 11.4 Å². The number of alkyl halides is 3. The maximum atomic E-state index is 13.7. The van der Waals surface area contributed by atoms with Crippen LogP contribution in [0.4, 0.5) is 18.9 Å². The largest absolute Gasteiger partial charge is 0.435 e. The molecule has 0 amide bonds. The maximum absolute atomic E-state index is 13.7. The number of fused-ring (bicyclic) bond motifs is 1. The summed E-state index contributed by atoms with van der Waals surface area (Å²) >= 11 is 12.1. The van der Waals surface area contributed by atoms with Crippen LogP contribution in [0.15, 0.2) is 59.5 Å². The molecule has 4 aromatic rings. The quantitative estimate of drug-likeness (QED) is 0.342. The van der Waals surface area contributed by atoms with Gasteiger partial charge in [-0.05, 0) is 31.2 Å². The summed E-state index contributed by atoms with van der Waals surface area (Å²) in [6.45, 7) is 1.41. The first-order chi connectivity index (χ1) is 15.4. The highest BCUT2D eigenvalue weighted by molar-refractivity contribution is 7.93. The van der Waals surface area contributed by atoms with E-state index in [9.17, 15) is 21.6 Å². The SMILES string of the molecule is Cc1nc2cc(C(F)(F)F)nn2c(-c2ccc(Cl)c(Cl)c2)c1S(=O)(=O)N(C)c1ccccc1. The van der Waals surface area contributed by atoms with Gasteiger partial charge >= 0.3 is 6.18 Å². The van der Waals surface area contributed by atoms with E-state index in [0.717, 1.165) is 14.9 Å². The molecule has 0 saturated carbocycles. The van der Waals surface area contributed by atoms with Crippen LogP contribution in [0, 0.1) is 6.92 Å². The zero-order valence-electron chi connectivity index (χ0n) is 17.1. The fourth-order valence-electron chi connectivity index (χ4n) is 3.36. The summed E-state index contributed by atoms with van der Waals surface area (Å²) in [4.78, 5) is 3.81. The molecule has 0 N–H and O–H groups in total. The Bertz CT molecular complexity index is 1470. The lowest BCUT2D eigenvalue weighted by Gasteiger charge is -2.23. The molecule has 0 radical (unpaired) electrons.